The maximum absolute atomic E-state index is 12.2. The molecule has 0 radical (unpaired) electrons. The van der Waals surface area contributed by atoms with E-state index in [-0.39, 0.29) is 5.91 Å². The molecule has 0 spiro atoms. The van der Waals surface area contributed by atoms with Gasteiger partial charge in [0.25, 0.3) is 0 Å². The van der Waals surface area contributed by atoms with Crippen LogP contribution in [0.15, 0.2) is 48.8 Å². The molecule has 1 aromatic heterocycles. The summed E-state index contributed by atoms with van der Waals surface area (Å²) in [6, 6.07) is 11.9. The molecule has 0 atom stereocenters. The SMILES string of the molecule is O=C(CCn1cccc1)Nc1ccccc1N1CCOCC1. The van der Waals surface area contributed by atoms with Crippen molar-refractivity contribution in [2.45, 2.75) is 13.0 Å². The number of nitrogens with zero attached hydrogens (tertiary/aromatic N) is 2. The average molecular weight is 299 g/mol. The van der Waals surface area contributed by atoms with Gasteiger partial charge in [0.15, 0.2) is 0 Å². The van der Waals surface area contributed by atoms with Crippen LogP contribution in [0.4, 0.5) is 11.4 Å². The number of amides is 1. The quantitative estimate of drug-likeness (QED) is 0.922. The van der Waals surface area contributed by atoms with Crippen molar-refractivity contribution < 1.29 is 9.53 Å². The maximum atomic E-state index is 12.2. The van der Waals surface area contributed by atoms with Gasteiger partial charge in [-0.3, -0.25) is 4.79 Å². The summed E-state index contributed by atoms with van der Waals surface area (Å²) >= 11 is 0. The maximum Gasteiger partial charge on any atom is 0.226 e. The highest BCUT2D eigenvalue weighted by Crippen LogP contribution is 2.26. The second-order valence-electron chi connectivity index (χ2n) is 5.34. The van der Waals surface area contributed by atoms with Gasteiger partial charge < -0.3 is 19.5 Å². The van der Waals surface area contributed by atoms with E-state index in [1.54, 1.807) is 0 Å². The van der Waals surface area contributed by atoms with E-state index in [4.69, 9.17) is 4.74 Å². The van der Waals surface area contributed by atoms with Crippen LogP contribution in [0.2, 0.25) is 0 Å². The summed E-state index contributed by atoms with van der Waals surface area (Å²) in [6.07, 6.45) is 4.40. The predicted octanol–water partition coefficient (Wildman–Crippen LogP) is 2.35. The number of anilines is 2. The van der Waals surface area contributed by atoms with Crippen molar-refractivity contribution in [3.8, 4) is 0 Å². The van der Waals surface area contributed by atoms with E-state index in [1.807, 2.05) is 53.4 Å². The van der Waals surface area contributed by atoms with Gasteiger partial charge in [0.1, 0.15) is 0 Å². The molecule has 0 saturated carbocycles. The first kappa shape index (κ1) is 14.7. The van der Waals surface area contributed by atoms with Crippen LogP contribution in [0.3, 0.4) is 0 Å². The zero-order valence-corrected chi connectivity index (χ0v) is 12.6. The Labute approximate surface area is 130 Å². The lowest BCUT2D eigenvalue weighted by Crippen LogP contribution is -2.36. The fourth-order valence-corrected chi connectivity index (χ4v) is 2.62. The molecule has 1 amide bonds. The zero-order valence-electron chi connectivity index (χ0n) is 12.6. The zero-order chi connectivity index (χ0) is 15.2. The molecular formula is C17H21N3O2. The van der Waals surface area contributed by atoms with Gasteiger partial charge in [0, 0.05) is 38.4 Å². The molecule has 116 valence electrons. The third-order valence-corrected chi connectivity index (χ3v) is 3.79. The van der Waals surface area contributed by atoms with Crippen molar-refractivity contribution in [1.29, 1.82) is 0 Å². The second-order valence-corrected chi connectivity index (χ2v) is 5.34. The predicted molar refractivity (Wildman–Crippen MR) is 87.2 cm³/mol. The summed E-state index contributed by atoms with van der Waals surface area (Å²) in [6.45, 7) is 3.87. The van der Waals surface area contributed by atoms with Gasteiger partial charge in [-0.05, 0) is 24.3 Å². The number of aromatic nitrogens is 1. The molecule has 5 heteroatoms. The average Bonchev–Trinajstić information content (AvgIpc) is 3.08. The number of rotatable bonds is 5. The third-order valence-electron chi connectivity index (χ3n) is 3.79. The molecule has 1 N–H and O–H groups in total. The van der Waals surface area contributed by atoms with E-state index in [1.165, 1.54) is 0 Å². The van der Waals surface area contributed by atoms with E-state index in [0.29, 0.717) is 13.0 Å². The van der Waals surface area contributed by atoms with Gasteiger partial charge in [-0.25, -0.2) is 0 Å². The van der Waals surface area contributed by atoms with E-state index >= 15 is 0 Å². The molecule has 2 aromatic rings. The Balaban J connectivity index is 1.62. The minimum atomic E-state index is 0.0365. The fraction of sp³-hybridized carbons (Fsp3) is 0.353. The lowest BCUT2D eigenvalue weighted by atomic mass is 10.2. The number of hydrogen-bond donors (Lipinski definition) is 1. The van der Waals surface area contributed by atoms with E-state index < -0.39 is 0 Å². The van der Waals surface area contributed by atoms with Crippen molar-refractivity contribution in [2.75, 3.05) is 36.5 Å². The highest BCUT2D eigenvalue weighted by Gasteiger charge is 2.15. The van der Waals surface area contributed by atoms with Crippen LogP contribution >= 0.6 is 0 Å². The number of para-hydroxylation sites is 2. The van der Waals surface area contributed by atoms with Crippen LogP contribution in [-0.4, -0.2) is 36.8 Å². The van der Waals surface area contributed by atoms with Gasteiger partial charge >= 0.3 is 0 Å². The highest BCUT2D eigenvalue weighted by atomic mass is 16.5. The molecule has 1 aliphatic heterocycles. The lowest BCUT2D eigenvalue weighted by Gasteiger charge is -2.30. The molecule has 22 heavy (non-hydrogen) atoms. The van der Waals surface area contributed by atoms with Crippen LogP contribution in [0.25, 0.3) is 0 Å². The van der Waals surface area contributed by atoms with Crippen LogP contribution in [0, 0.1) is 0 Å². The summed E-state index contributed by atoms with van der Waals surface area (Å²) in [5.74, 6) is 0.0365. The Morgan fingerprint density at radius 3 is 2.59 bits per heavy atom. The Bertz CT molecular complexity index is 604. The summed E-state index contributed by atoms with van der Waals surface area (Å²) < 4.78 is 7.40. The van der Waals surface area contributed by atoms with Crippen molar-refractivity contribution in [1.82, 2.24) is 4.57 Å². The molecule has 5 nitrogen and oxygen atoms in total. The fourth-order valence-electron chi connectivity index (χ4n) is 2.62. The standard InChI is InChI=1S/C17H21N3O2/c21-17(7-10-19-8-3-4-9-19)18-15-5-1-2-6-16(15)20-11-13-22-14-12-20/h1-6,8-9H,7,10-14H2,(H,18,21). The van der Waals surface area contributed by atoms with Crippen LogP contribution < -0.4 is 10.2 Å². The van der Waals surface area contributed by atoms with E-state index in [9.17, 15) is 4.79 Å². The molecule has 0 bridgehead atoms. The van der Waals surface area contributed by atoms with Crippen molar-refractivity contribution >= 4 is 17.3 Å². The Kier molecular flexibility index (Phi) is 4.75. The number of nitrogens with one attached hydrogen (secondary N) is 1. The van der Waals surface area contributed by atoms with Crippen LogP contribution in [0.5, 0.6) is 0 Å². The first-order valence-electron chi connectivity index (χ1n) is 7.65. The molecule has 3 rings (SSSR count). The number of ether oxygens (including phenoxy) is 1. The Hall–Kier alpha value is -2.27. The topological polar surface area (TPSA) is 46.5 Å². The first-order valence-corrected chi connectivity index (χ1v) is 7.65. The number of aryl methyl sites for hydroxylation is 1. The van der Waals surface area contributed by atoms with E-state index in [0.717, 1.165) is 37.7 Å². The van der Waals surface area contributed by atoms with Crippen molar-refractivity contribution in [2.24, 2.45) is 0 Å². The minimum absolute atomic E-state index is 0.0365. The summed E-state index contributed by atoms with van der Waals surface area (Å²) in [5, 5.41) is 3.04. The molecule has 0 aliphatic carbocycles. The number of carbonyl (C=O) groups is 1. The van der Waals surface area contributed by atoms with E-state index in [2.05, 4.69) is 10.2 Å². The molecule has 1 aromatic carbocycles. The molecule has 1 aliphatic rings. The molecule has 1 fully saturated rings. The van der Waals surface area contributed by atoms with Crippen LogP contribution in [-0.2, 0) is 16.1 Å². The monoisotopic (exact) mass is 299 g/mol. The summed E-state index contributed by atoms with van der Waals surface area (Å²) in [5.41, 5.74) is 1.95. The largest absolute Gasteiger partial charge is 0.378 e. The van der Waals surface area contributed by atoms with Gasteiger partial charge in [-0.2, -0.15) is 0 Å². The molecule has 2 heterocycles. The molecule has 1 saturated heterocycles. The Morgan fingerprint density at radius 2 is 1.82 bits per heavy atom. The van der Waals surface area contributed by atoms with Gasteiger partial charge in [-0.15, -0.1) is 0 Å². The first-order chi connectivity index (χ1) is 10.8. The number of morpholine rings is 1. The number of benzene rings is 1. The smallest absolute Gasteiger partial charge is 0.226 e. The van der Waals surface area contributed by atoms with Gasteiger partial charge in [0.2, 0.25) is 5.91 Å². The van der Waals surface area contributed by atoms with Crippen molar-refractivity contribution in [3.63, 3.8) is 0 Å². The van der Waals surface area contributed by atoms with Gasteiger partial charge in [-0.1, -0.05) is 12.1 Å². The van der Waals surface area contributed by atoms with Crippen molar-refractivity contribution in [3.05, 3.63) is 48.8 Å². The molecular weight excluding hydrogens is 278 g/mol. The summed E-state index contributed by atoms with van der Waals surface area (Å²) in [7, 11) is 0. The summed E-state index contributed by atoms with van der Waals surface area (Å²) in [4.78, 5) is 14.4. The van der Waals surface area contributed by atoms with Crippen LogP contribution in [0.1, 0.15) is 6.42 Å². The third kappa shape index (κ3) is 3.68. The number of carbonyl (C=O) groups excluding carboxylic acids is 1. The van der Waals surface area contributed by atoms with Gasteiger partial charge in [0.05, 0.1) is 24.6 Å². The normalized spacial score (nSPS) is 14.8. The molecule has 0 unspecified atom stereocenters. The second kappa shape index (κ2) is 7.13. The Morgan fingerprint density at radius 1 is 1.09 bits per heavy atom. The minimum Gasteiger partial charge on any atom is -0.378 e. The lowest BCUT2D eigenvalue weighted by molar-refractivity contribution is -0.116. The number of hydrogen-bond acceptors (Lipinski definition) is 3. The highest BCUT2D eigenvalue weighted by molar-refractivity contribution is 5.94.